The lowest BCUT2D eigenvalue weighted by Crippen LogP contribution is -2.42. The summed E-state index contributed by atoms with van der Waals surface area (Å²) in [4.78, 5) is 37.7. The lowest BCUT2D eigenvalue weighted by atomic mass is 9.97. The molecule has 2 aliphatic heterocycles. The fraction of sp³-hybridized carbons (Fsp3) is 0.645. The molecular weight excluding hydrogens is 522 g/mol. The Balaban J connectivity index is 1.78. The Bertz CT molecular complexity index is 1220. The molecule has 2 bridgehead atoms. The van der Waals surface area contributed by atoms with Gasteiger partial charge in [0.25, 0.3) is 0 Å². The minimum atomic E-state index is 0.00402. The number of carbonyl (C=O) groups is 2. The quantitative estimate of drug-likeness (QED) is 0.563. The molecule has 1 unspecified atom stereocenters. The molecule has 1 fully saturated rings. The van der Waals surface area contributed by atoms with E-state index >= 15 is 0 Å². The Labute approximate surface area is 244 Å². The SMILES string of the molecule is CCN1CCN(C(=O)CC(C)C)CCC(=O)NCC2CCCN(C2)c2nc3cc(OC)c(OC)c(OC)c3cc2C1. The Hall–Kier alpha value is -3.27. The van der Waals surface area contributed by atoms with Gasteiger partial charge in [-0.05, 0) is 37.3 Å². The summed E-state index contributed by atoms with van der Waals surface area (Å²) in [6, 6.07) is 4.08. The number of aromatic nitrogens is 1. The summed E-state index contributed by atoms with van der Waals surface area (Å²) >= 11 is 0. The van der Waals surface area contributed by atoms with Gasteiger partial charge in [0, 0.05) is 75.7 Å². The highest BCUT2D eigenvalue weighted by molar-refractivity contribution is 5.92. The van der Waals surface area contributed by atoms with Gasteiger partial charge in [0.1, 0.15) is 5.82 Å². The molecule has 1 N–H and O–H groups in total. The van der Waals surface area contributed by atoms with Gasteiger partial charge in [-0.1, -0.05) is 20.8 Å². The molecule has 2 amide bonds. The zero-order chi connectivity index (χ0) is 29.5. The van der Waals surface area contributed by atoms with Crippen LogP contribution in [-0.4, -0.2) is 93.7 Å². The smallest absolute Gasteiger partial charge is 0.222 e. The van der Waals surface area contributed by atoms with Crippen molar-refractivity contribution in [2.45, 2.75) is 53.0 Å². The van der Waals surface area contributed by atoms with Crippen LogP contribution in [-0.2, 0) is 16.1 Å². The highest BCUT2D eigenvalue weighted by Gasteiger charge is 2.27. The second-order valence-electron chi connectivity index (χ2n) is 11.5. The van der Waals surface area contributed by atoms with Crippen LogP contribution in [0.3, 0.4) is 0 Å². The number of hydrogen-bond acceptors (Lipinski definition) is 8. The number of nitrogens with zero attached hydrogens (tertiary/aromatic N) is 4. The van der Waals surface area contributed by atoms with Gasteiger partial charge < -0.3 is 29.3 Å². The fourth-order valence-corrected chi connectivity index (χ4v) is 5.91. The molecule has 0 spiro atoms. The molecule has 1 atom stereocenters. The number of rotatable bonds is 6. The Morgan fingerprint density at radius 2 is 1.85 bits per heavy atom. The van der Waals surface area contributed by atoms with Crippen LogP contribution in [0.1, 0.15) is 52.0 Å². The number of pyridine rings is 1. The van der Waals surface area contributed by atoms with Gasteiger partial charge in [-0.3, -0.25) is 14.5 Å². The van der Waals surface area contributed by atoms with E-state index in [-0.39, 0.29) is 17.7 Å². The van der Waals surface area contributed by atoms with E-state index in [2.05, 4.69) is 42.0 Å². The number of benzene rings is 1. The maximum atomic E-state index is 13.1. The molecule has 10 nitrogen and oxygen atoms in total. The molecule has 41 heavy (non-hydrogen) atoms. The van der Waals surface area contributed by atoms with Crippen LogP contribution in [0.25, 0.3) is 10.9 Å². The first-order valence-corrected chi connectivity index (χ1v) is 14.9. The zero-order valence-corrected chi connectivity index (χ0v) is 25.6. The minimum absolute atomic E-state index is 0.00402. The van der Waals surface area contributed by atoms with Crippen molar-refractivity contribution in [3.8, 4) is 17.2 Å². The molecule has 0 saturated carbocycles. The van der Waals surface area contributed by atoms with Crippen molar-refractivity contribution in [1.82, 2.24) is 20.1 Å². The third-order valence-electron chi connectivity index (χ3n) is 8.16. The number of likely N-dealkylation sites (N-methyl/N-ethyl adjacent to an activating group) is 1. The van der Waals surface area contributed by atoms with Crippen molar-refractivity contribution in [2.24, 2.45) is 11.8 Å². The average molecular weight is 570 g/mol. The molecule has 2 aromatic rings. The third kappa shape index (κ3) is 7.33. The second kappa shape index (κ2) is 14.1. The third-order valence-corrected chi connectivity index (χ3v) is 8.16. The zero-order valence-electron chi connectivity index (χ0n) is 25.6. The maximum absolute atomic E-state index is 13.1. The molecule has 1 aromatic carbocycles. The number of piperidine rings is 1. The van der Waals surface area contributed by atoms with Gasteiger partial charge in [-0.2, -0.15) is 0 Å². The molecule has 2 aliphatic rings. The van der Waals surface area contributed by atoms with Crippen molar-refractivity contribution < 1.29 is 23.8 Å². The van der Waals surface area contributed by atoms with E-state index in [1.807, 2.05) is 11.0 Å². The molecule has 0 radical (unpaired) electrons. The molecule has 10 heteroatoms. The van der Waals surface area contributed by atoms with Crippen molar-refractivity contribution >= 4 is 28.5 Å². The van der Waals surface area contributed by atoms with Gasteiger partial charge in [0.05, 0.1) is 26.8 Å². The van der Waals surface area contributed by atoms with Gasteiger partial charge in [0.15, 0.2) is 11.5 Å². The van der Waals surface area contributed by atoms with Crippen LogP contribution in [0, 0.1) is 11.8 Å². The summed E-state index contributed by atoms with van der Waals surface area (Å²) in [7, 11) is 4.86. The van der Waals surface area contributed by atoms with Crippen molar-refractivity contribution in [2.75, 3.05) is 72.0 Å². The van der Waals surface area contributed by atoms with Crippen molar-refractivity contribution in [1.29, 1.82) is 0 Å². The molecule has 0 aliphatic carbocycles. The summed E-state index contributed by atoms with van der Waals surface area (Å²) in [5.74, 6) is 3.36. The molecule has 4 rings (SSSR count). The number of hydrogen-bond donors (Lipinski definition) is 1. The van der Waals surface area contributed by atoms with E-state index in [1.54, 1.807) is 21.3 Å². The molecule has 1 saturated heterocycles. The van der Waals surface area contributed by atoms with E-state index in [1.165, 1.54) is 0 Å². The normalized spacial score (nSPS) is 19.3. The molecule has 1 aromatic heterocycles. The van der Waals surface area contributed by atoms with Crippen molar-refractivity contribution in [3.05, 3.63) is 17.7 Å². The first-order chi connectivity index (χ1) is 19.8. The number of fused-ring (bicyclic) bond motifs is 5. The van der Waals surface area contributed by atoms with Crippen LogP contribution in [0.15, 0.2) is 12.1 Å². The molecule has 226 valence electrons. The number of anilines is 1. The summed E-state index contributed by atoms with van der Waals surface area (Å²) < 4.78 is 17.1. The number of carbonyl (C=O) groups excluding carboxylic acids is 2. The van der Waals surface area contributed by atoms with E-state index in [0.29, 0.717) is 68.7 Å². The predicted molar refractivity (Wildman–Crippen MR) is 161 cm³/mol. The van der Waals surface area contributed by atoms with Gasteiger partial charge in [0.2, 0.25) is 17.6 Å². The van der Waals surface area contributed by atoms with Gasteiger partial charge >= 0.3 is 0 Å². The van der Waals surface area contributed by atoms with E-state index in [4.69, 9.17) is 19.2 Å². The van der Waals surface area contributed by atoms with Gasteiger partial charge in [-0.15, -0.1) is 0 Å². The van der Waals surface area contributed by atoms with E-state index < -0.39 is 0 Å². The summed E-state index contributed by atoms with van der Waals surface area (Å²) in [5, 5.41) is 4.01. The van der Waals surface area contributed by atoms with Gasteiger partial charge in [-0.25, -0.2) is 4.98 Å². The Morgan fingerprint density at radius 1 is 1.07 bits per heavy atom. The minimum Gasteiger partial charge on any atom is -0.493 e. The predicted octanol–water partition coefficient (Wildman–Crippen LogP) is 3.69. The number of nitrogens with one attached hydrogen (secondary N) is 1. The van der Waals surface area contributed by atoms with E-state index in [0.717, 1.165) is 54.8 Å². The highest BCUT2D eigenvalue weighted by atomic mass is 16.5. The standard InChI is InChI=1S/C31H47N5O5/c1-7-34-13-14-35(28(38)15-21(2)3)12-10-27(37)32-18-22-9-8-11-36(19-22)31-23(20-34)16-24-25(33-31)17-26(39-4)30(41-6)29(24)40-5/h16-17,21-22H,7-15,18-20H2,1-6H3,(H,32,37). The van der Waals surface area contributed by atoms with Crippen LogP contribution in [0.2, 0.25) is 0 Å². The maximum Gasteiger partial charge on any atom is 0.222 e. The highest BCUT2D eigenvalue weighted by Crippen LogP contribution is 2.44. The van der Waals surface area contributed by atoms with Crippen molar-refractivity contribution in [3.63, 3.8) is 0 Å². The number of amides is 2. The topological polar surface area (TPSA) is 96.5 Å². The Kier molecular flexibility index (Phi) is 10.5. The molecular formula is C31H47N5O5. The number of methoxy groups -OCH3 is 3. The van der Waals surface area contributed by atoms with Crippen LogP contribution >= 0.6 is 0 Å². The summed E-state index contributed by atoms with van der Waals surface area (Å²) in [5.41, 5.74) is 1.88. The van der Waals surface area contributed by atoms with Crippen LogP contribution in [0.5, 0.6) is 17.2 Å². The lowest BCUT2D eigenvalue weighted by molar-refractivity contribution is -0.132. The first kappa shape index (κ1) is 30.7. The summed E-state index contributed by atoms with van der Waals surface area (Å²) in [6.07, 6.45) is 2.89. The number of ether oxygens (including phenoxy) is 3. The lowest BCUT2D eigenvalue weighted by Gasteiger charge is -2.35. The summed E-state index contributed by atoms with van der Waals surface area (Å²) in [6.45, 7) is 11.8. The fourth-order valence-electron chi connectivity index (χ4n) is 5.91. The second-order valence-corrected chi connectivity index (χ2v) is 11.5. The largest absolute Gasteiger partial charge is 0.493 e. The van der Waals surface area contributed by atoms with Crippen LogP contribution < -0.4 is 24.4 Å². The monoisotopic (exact) mass is 569 g/mol. The first-order valence-electron chi connectivity index (χ1n) is 14.9. The van der Waals surface area contributed by atoms with Crippen LogP contribution in [0.4, 0.5) is 5.82 Å². The van der Waals surface area contributed by atoms with E-state index in [9.17, 15) is 9.59 Å². The molecule has 3 heterocycles. The Morgan fingerprint density at radius 3 is 2.54 bits per heavy atom. The average Bonchev–Trinajstić information content (AvgIpc) is 2.97.